The van der Waals surface area contributed by atoms with E-state index in [0.717, 1.165) is 24.4 Å². The predicted octanol–water partition coefficient (Wildman–Crippen LogP) is 5.03. The predicted molar refractivity (Wildman–Crippen MR) is 126 cm³/mol. The molecule has 0 unspecified atom stereocenters. The lowest BCUT2D eigenvalue weighted by Gasteiger charge is -2.29. The Morgan fingerprint density at radius 3 is 2.57 bits per heavy atom. The van der Waals surface area contributed by atoms with Crippen LogP contribution in [0.4, 0.5) is 45.0 Å². The van der Waals surface area contributed by atoms with Crippen molar-refractivity contribution in [1.82, 2.24) is 9.97 Å². The number of alkyl halides is 3. The molecule has 1 amide bonds. The standard InChI is InChI=1S/C24H20F5N5O3/c1-2-21(35)31-17-10-14(9-15(25)11-17)22-20(37-24(27,28)29)13-30-23(33-22)32-16-3-4-18(26)19(12-16)34-5-7-36-8-6-34/h2-4,9-13H,1,5-8H2,(H,31,35)(H,30,32,33). The molecule has 4 rings (SSSR count). The first-order chi connectivity index (χ1) is 17.6. The summed E-state index contributed by atoms with van der Waals surface area (Å²) in [7, 11) is 0. The fourth-order valence-corrected chi connectivity index (χ4v) is 3.60. The second-order valence-electron chi connectivity index (χ2n) is 7.77. The Kier molecular flexibility index (Phi) is 7.53. The van der Waals surface area contributed by atoms with Crippen LogP contribution in [-0.2, 0) is 9.53 Å². The number of amides is 1. The fourth-order valence-electron chi connectivity index (χ4n) is 3.60. The zero-order valence-electron chi connectivity index (χ0n) is 19.1. The van der Waals surface area contributed by atoms with Crippen LogP contribution >= 0.6 is 0 Å². The molecule has 13 heteroatoms. The van der Waals surface area contributed by atoms with Crippen molar-refractivity contribution in [1.29, 1.82) is 0 Å². The molecule has 0 bridgehead atoms. The Balaban J connectivity index is 1.71. The molecule has 0 atom stereocenters. The molecule has 8 nitrogen and oxygen atoms in total. The maximum Gasteiger partial charge on any atom is 0.573 e. The van der Waals surface area contributed by atoms with Crippen molar-refractivity contribution in [3.8, 4) is 17.0 Å². The molecule has 0 radical (unpaired) electrons. The van der Waals surface area contributed by atoms with Gasteiger partial charge in [0.1, 0.15) is 17.3 Å². The number of nitrogens with one attached hydrogen (secondary N) is 2. The van der Waals surface area contributed by atoms with E-state index >= 15 is 0 Å². The molecule has 1 aliphatic rings. The summed E-state index contributed by atoms with van der Waals surface area (Å²) in [5, 5.41) is 5.16. The molecule has 1 aromatic heterocycles. The minimum absolute atomic E-state index is 0.0420. The summed E-state index contributed by atoms with van der Waals surface area (Å²) < 4.78 is 77.2. The zero-order chi connectivity index (χ0) is 26.6. The number of halogens is 5. The van der Waals surface area contributed by atoms with Crippen LogP contribution in [0.3, 0.4) is 0 Å². The van der Waals surface area contributed by atoms with Gasteiger partial charge >= 0.3 is 6.36 Å². The second-order valence-corrected chi connectivity index (χ2v) is 7.77. The lowest BCUT2D eigenvalue weighted by Crippen LogP contribution is -2.36. The van der Waals surface area contributed by atoms with Crippen molar-refractivity contribution in [2.24, 2.45) is 0 Å². The largest absolute Gasteiger partial charge is 0.573 e. The highest BCUT2D eigenvalue weighted by molar-refractivity contribution is 5.99. The maximum atomic E-state index is 14.4. The van der Waals surface area contributed by atoms with E-state index in [1.54, 1.807) is 4.90 Å². The van der Waals surface area contributed by atoms with Crippen LogP contribution in [0, 0.1) is 11.6 Å². The zero-order valence-corrected chi connectivity index (χ0v) is 19.1. The topological polar surface area (TPSA) is 88.6 Å². The summed E-state index contributed by atoms with van der Waals surface area (Å²) in [4.78, 5) is 21.4. The van der Waals surface area contributed by atoms with Crippen LogP contribution in [0.5, 0.6) is 5.75 Å². The average molecular weight is 521 g/mol. The van der Waals surface area contributed by atoms with E-state index in [1.807, 2.05) is 0 Å². The minimum Gasteiger partial charge on any atom is -0.402 e. The van der Waals surface area contributed by atoms with Gasteiger partial charge in [0.25, 0.3) is 0 Å². The fraction of sp³-hybridized carbons (Fsp3) is 0.208. The van der Waals surface area contributed by atoms with Crippen LogP contribution < -0.4 is 20.3 Å². The number of morpholine rings is 1. The Morgan fingerprint density at radius 2 is 1.86 bits per heavy atom. The van der Waals surface area contributed by atoms with Crippen LogP contribution in [0.1, 0.15) is 0 Å². The smallest absolute Gasteiger partial charge is 0.402 e. The number of nitrogens with zero attached hydrogens (tertiary/aromatic N) is 3. The molecule has 1 saturated heterocycles. The van der Waals surface area contributed by atoms with Crippen LogP contribution in [0.15, 0.2) is 55.3 Å². The van der Waals surface area contributed by atoms with E-state index in [1.165, 1.54) is 24.3 Å². The Morgan fingerprint density at radius 1 is 1.11 bits per heavy atom. The van der Waals surface area contributed by atoms with Gasteiger partial charge in [-0.25, -0.2) is 18.7 Å². The third-order valence-corrected chi connectivity index (χ3v) is 5.16. The summed E-state index contributed by atoms with van der Waals surface area (Å²) in [6, 6.07) is 7.27. The van der Waals surface area contributed by atoms with Gasteiger partial charge in [-0.2, -0.15) is 0 Å². The number of ether oxygens (including phenoxy) is 2. The lowest BCUT2D eigenvalue weighted by atomic mass is 10.1. The van der Waals surface area contributed by atoms with Crippen LogP contribution in [0.25, 0.3) is 11.3 Å². The van der Waals surface area contributed by atoms with Gasteiger partial charge in [0.15, 0.2) is 5.75 Å². The van der Waals surface area contributed by atoms with Crippen LogP contribution in [0.2, 0.25) is 0 Å². The number of carbonyl (C=O) groups excluding carboxylic acids is 1. The van der Waals surface area contributed by atoms with E-state index in [0.29, 0.717) is 37.7 Å². The Bertz CT molecular complexity index is 1310. The van der Waals surface area contributed by atoms with Crippen LogP contribution in [-0.4, -0.2) is 48.5 Å². The number of anilines is 4. The second kappa shape index (κ2) is 10.8. The molecule has 3 aromatic rings. The molecular formula is C24H20F5N5O3. The first-order valence-electron chi connectivity index (χ1n) is 10.9. The summed E-state index contributed by atoms with van der Waals surface area (Å²) in [5.41, 5.74) is 0.0885. The average Bonchev–Trinajstić information content (AvgIpc) is 2.85. The number of aromatic nitrogens is 2. The van der Waals surface area contributed by atoms with Gasteiger partial charge in [0, 0.05) is 30.0 Å². The molecule has 2 heterocycles. The van der Waals surface area contributed by atoms with Crippen molar-refractivity contribution < 1.29 is 36.2 Å². The molecule has 1 aliphatic heterocycles. The van der Waals surface area contributed by atoms with Crippen molar-refractivity contribution >= 4 is 28.9 Å². The summed E-state index contributed by atoms with van der Waals surface area (Å²) in [6.07, 6.45) is -3.36. The van der Waals surface area contributed by atoms with Gasteiger partial charge in [-0.3, -0.25) is 4.79 Å². The normalized spacial score (nSPS) is 13.7. The maximum absolute atomic E-state index is 14.4. The highest BCUT2D eigenvalue weighted by Crippen LogP contribution is 2.35. The van der Waals surface area contributed by atoms with Gasteiger partial charge in [-0.15, -0.1) is 13.2 Å². The van der Waals surface area contributed by atoms with E-state index in [2.05, 4.69) is 31.9 Å². The molecule has 0 saturated carbocycles. The minimum atomic E-state index is -5.08. The summed E-state index contributed by atoms with van der Waals surface area (Å²) in [6.45, 7) is 5.13. The Labute approximate surface area is 207 Å². The third kappa shape index (κ3) is 6.70. The van der Waals surface area contributed by atoms with Crippen molar-refractivity contribution in [2.75, 3.05) is 41.8 Å². The molecule has 2 N–H and O–H groups in total. The molecule has 2 aromatic carbocycles. The molecule has 1 fully saturated rings. The monoisotopic (exact) mass is 521 g/mol. The van der Waals surface area contributed by atoms with Gasteiger partial charge in [0.05, 0.1) is 25.1 Å². The third-order valence-electron chi connectivity index (χ3n) is 5.16. The van der Waals surface area contributed by atoms with E-state index in [9.17, 15) is 26.7 Å². The number of hydrogen-bond acceptors (Lipinski definition) is 7. The SMILES string of the molecule is C=CC(=O)Nc1cc(F)cc(-c2nc(Nc3ccc(F)c(N4CCOCC4)c3)ncc2OC(F)(F)F)c1. The summed E-state index contributed by atoms with van der Waals surface area (Å²) in [5.74, 6) is -2.92. The first kappa shape index (κ1) is 25.8. The van der Waals surface area contributed by atoms with E-state index in [-0.39, 0.29) is 17.2 Å². The van der Waals surface area contributed by atoms with Gasteiger partial charge in [0.2, 0.25) is 11.9 Å². The quantitative estimate of drug-likeness (QED) is 0.333. The molecular weight excluding hydrogens is 501 g/mol. The van der Waals surface area contributed by atoms with Gasteiger partial charge in [-0.05, 0) is 42.5 Å². The molecule has 0 aliphatic carbocycles. The summed E-state index contributed by atoms with van der Waals surface area (Å²) >= 11 is 0. The first-order valence-corrected chi connectivity index (χ1v) is 10.9. The number of hydrogen-bond donors (Lipinski definition) is 2. The number of rotatable bonds is 7. The van der Waals surface area contributed by atoms with Crippen molar-refractivity contribution in [2.45, 2.75) is 6.36 Å². The molecule has 194 valence electrons. The lowest BCUT2D eigenvalue weighted by molar-refractivity contribution is -0.274. The molecule has 37 heavy (non-hydrogen) atoms. The molecule has 0 spiro atoms. The number of carbonyl (C=O) groups is 1. The number of benzene rings is 2. The van der Waals surface area contributed by atoms with Crippen molar-refractivity contribution in [3.05, 3.63) is 66.9 Å². The van der Waals surface area contributed by atoms with Crippen molar-refractivity contribution in [3.63, 3.8) is 0 Å². The van der Waals surface area contributed by atoms with E-state index in [4.69, 9.17) is 4.74 Å². The van der Waals surface area contributed by atoms with Gasteiger partial charge < -0.3 is 25.0 Å². The highest BCUT2D eigenvalue weighted by Gasteiger charge is 2.33. The van der Waals surface area contributed by atoms with E-state index < -0.39 is 35.3 Å². The Hall–Kier alpha value is -4.26. The van der Waals surface area contributed by atoms with Gasteiger partial charge in [-0.1, -0.05) is 6.58 Å². The highest BCUT2D eigenvalue weighted by atomic mass is 19.4.